The van der Waals surface area contributed by atoms with E-state index in [1.807, 2.05) is 24.3 Å². The largest absolute Gasteiger partial charge is 0.342 e. The third-order valence-corrected chi connectivity index (χ3v) is 8.30. The molecule has 1 N–H and O–H groups in total. The minimum absolute atomic E-state index is 0. The van der Waals surface area contributed by atoms with Crippen molar-refractivity contribution in [1.29, 1.82) is 0 Å². The molecule has 1 aliphatic carbocycles. The van der Waals surface area contributed by atoms with Crippen molar-refractivity contribution in [2.45, 2.75) is 88.6 Å². The predicted octanol–water partition coefficient (Wildman–Crippen LogP) is 6.04. The van der Waals surface area contributed by atoms with E-state index in [9.17, 15) is 4.79 Å². The van der Waals surface area contributed by atoms with Crippen LogP contribution in [0.3, 0.4) is 0 Å². The van der Waals surface area contributed by atoms with Crippen LogP contribution >= 0.6 is 36.4 Å². The summed E-state index contributed by atoms with van der Waals surface area (Å²) in [6, 6.07) is 8.00. The first-order valence-electron chi connectivity index (χ1n) is 12.5. The van der Waals surface area contributed by atoms with Gasteiger partial charge in [0.15, 0.2) is 0 Å². The minimum atomic E-state index is -0.177. The molecule has 2 saturated heterocycles. The summed E-state index contributed by atoms with van der Waals surface area (Å²) in [5, 5.41) is 4.44. The highest BCUT2D eigenvalue weighted by Gasteiger charge is 2.41. The molecule has 35 heavy (non-hydrogen) atoms. The maximum atomic E-state index is 13.9. The summed E-state index contributed by atoms with van der Waals surface area (Å²) in [6.45, 7) is 8.32. The van der Waals surface area contributed by atoms with Crippen LogP contribution in [0.25, 0.3) is 0 Å². The first-order chi connectivity index (χ1) is 15.8. The first-order valence-corrected chi connectivity index (χ1v) is 12.9. The van der Waals surface area contributed by atoms with Crippen LogP contribution in [-0.4, -0.2) is 45.4 Å². The van der Waals surface area contributed by atoms with Crippen LogP contribution in [0.15, 0.2) is 30.6 Å². The molecule has 1 aromatic carbocycles. The summed E-state index contributed by atoms with van der Waals surface area (Å²) >= 11 is 6.15. The second-order valence-electron chi connectivity index (χ2n) is 10.9. The van der Waals surface area contributed by atoms with Crippen molar-refractivity contribution in [3.05, 3.63) is 58.1 Å². The fourth-order valence-corrected chi connectivity index (χ4v) is 6.33. The third kappa shape index (κ3) is 5.79. The number of nitrogens with one attached hydrogen (secondary N) is 1. The number of carbonyl (C=O) groups excluding carboxylic acids is 1. The number of aromatic nitrogens is 2. The summed E-state index contributed by atoms with van der Waals surface area (Å²) in [7, 11) is 0. The van der Waals surface area contributed by atoms with Crippen LogP contribution in [0.4, 0.5) is 0 Å². The lowest BCUT2D eigenvalue weighted by Crippen LogP contribution is -2.48. The van der Waals surface area contributed by atoms with Crippen LogP contribution in [0.5, 0.6) is 0 Å². The molecule has 2 aliphatic heterocycles. The molecule has 2 fully saturated rings. The Bertz CT molecular complexity index is 1020. The van der Waals surface area contributed by atoms with Crippen molar-refractivity contribution >= 4 is 42.3 Å². The number of fused-ring (bicyclic) bond motifs is 1. The fourth-order valence-electron chi connectivity index (χ4n) is 6.21. The van der Waals surface area contributed by atoms with E-state index < -0.39 is 0 Å². The van der Waals surface area contributed by atoms with E-state index in [1.165, 1.54) is 23.4 Å². The molecule has 0 spiro atoms. The van der Waals surface area contributed by atoms with Gasteiger partial charge in [0.1, 0.15) is 6.33 Å². The normalized spacial score (nSPS) is 24.3. The summed E-state index contributed by atoms with van der Waals surface area (Å²) < 4.78 is 0. The standard InChI is InChI=1S/C27H35ClN4O.2ClH/c1-17-4-9-21-23(17)25(30-16-29-21)19-11-14-32(15-12-19)26(33)24(18-5-7-20(28)8-6-18)22-10-13-27(2,3)31-22;;/h5-8,16-17,19,22,24,31H,4,9-15H2,1-3H3;2*1H. The molecule has 5 nitrogen and oxygen atoms in total. The average Bonchev–Trinajstić information content (AvgIpc) is 3.37. The highest BCUT2D eigenvalue weighted by Crippen LogP contribution is 2.40. The molecule has 1 amide bonds. The van der Waals surface area contributed by atoms with Gasteiger partial charge in [-0.2, -0.15) is 0 Å². The number of halogens is 3. The molecule has 192 valence electrons. The van der Waals surface area contributed by atoms with Crippen molar-refractivity contribution < 1.29 is 4.79 Å². The van der Waals surface area contributed by atoms with E-state index >= 15 is 0 Å². The third-order valence-electron chi connectivity index (χ3n) is 8.05. The lowest BCUT2D eigenvalue weighted by Gasteiger charge is -2.36. The van der Waals surface area contributed by atoms with Gasteiger partial charge in [0, 0.05) is 41.3 Å². The Balaban J connectivity index is 0.00000171. The van der Waals surface area contributed by atoms with Crippen LogP contribution in [0, 0.1) is 0 Å². The fraction of sp³-hybridized carbons (Fsp3) is 0.593. The number of hydrogen-bond acceptors (Lipinski definition) is 4. The van der Waals surface area contributed by atoms with Gasteiger partial charge in [-0.25, -0.2) is 9.97 Å². The van der Waals surface area contributed by atoms with E-state index in [-0.39, 0.29) is 48.2 Å². The van der Waals surface area contributed by atoms with Crippen molar-refractivity contribution in [1.82, 2.24) is 20.2 Å². The molecule has 0 saturated carbocycles. The quantitative estimate of drug-likeness (QED) is 0.514. The second-order valence-corrected chi connectivity index (χ2v) is 11.3. The molecular formula is C27H37Cl3N4O. The molecule has 2 aromatic rings. The number of nitrogens with zero attached hydrogens (tertiary/aromatic N) is 3. The van der Waals surface area contributed by atoms with Gasteiger partial charge in [-0.15, -0.1) is 24.8 Å². The SMILES string of the molecule is CC1CCc2ncnc(C3CCN(C(=O)C(c4ccc(Cl)cc4)C4CCC(C)(C)N4)CC3)c21.Cl.Cl. The van der Waals surface area contributed by atoms with Gasteiger partial charge in [0.2, 0.25) is 5.91 Å². The maximum absolute atomic E-state index is 13.9. The number of carbonyl (C=O) groups is 1. The van der Waals surface area contributed by atoms with Gasteiger partial charge in [-0.3, -0.25) is 4.79 Å². The zero-order valence-corrected chi connectivity index (χ0v) is 23.2. The van der Waals surface area contributed by atoms with E-state index in [4.69, 9.17) is 16.6 Å². The van der Waals surface area contributed by atoms with Crippen molar-refractivity contribution in [2.75, 3.05) is 13.1 Å². The number of hydrogen-bond donors (Lipinski definition) is 1. The number of rotatable bonds is 4. The Labute approximate surface area is 226 Å². The summed E-state index contributed by atoms with van der Waals surface area (Å²) in [4.78, 5) is 25.2. The lowest BCUT2D eigenvalue weighted by molar-refractivity contribution is -0.134. The Morgan fingerprint density at radius 1 is 1.09 bits per heavy atom. The Hall–Kier alpha value is -1.40. The summed E-state index contributed by atoms with van der Waals surface area (Å²) in [5.41, 5.74) is 4.99. The average molecular weight is 540 g/mol. The first kappa shape index (κ1) is 28.2. The maximum Gasteiger partial charge on any atom is 0.231 e. The molecular weight excluding hydrogens is 503 g/mol. The number of aryl methyl sites for hydroxylation is 1. The molecule has 3 unspecified atom stereocenters. The Morgan fingerprint density at radius 2 is 1.77 bits per heavy atom. The van der Waals surface area contributed by atoms with Crippen molar-refractivity contribution in [2.24, 2.45) is 0 Å². The zero-order chi connectivity index (χ0) is 23.2. The van der Waals surface area contributed by atoms with Gasteiger partial charge in [-0.05, 0) is 81.5 Å². The molecule has 1 aromatic heterocycles. The highest BCUT2D eigenvalue weighted by molar-refractivity contribution is 6.30. The van der Waals surface area contributed by atoms with E-state index in [2.05, 4.69) is 36.0 Å². The van der Waals surface area contributed by atoms with Gasteiger partial charge in [0.25, 0.3) is 0 Å². The minimum Gasteiger partial charge on any atom is -0.342 e. The van der Waals surface area contributed by atoms with Crippen molar-refractivity contribution in [3.8, 4) is 0 Å². The van der Waals surface area contributed by atoms with Gasteiger partial charge >= 0.3 is 0 Å². The highest BCUT2D eigenvalue weighted by atomic mass is 35.5. The van der Waals surface area contributed by atoms with Gasteiger partial charge in [0.05, 0.1) is 11.6 Å². The lowest BCUT2D eigenvalue weighted by atomic mass is 9.85. The molecule has 5 rings (SSSR count). The smallest absolute Gasteiger partial charge is 0.231 e. The van der Waals surface area contributed by atoms with E-state index in [0.29, 0.717) is 16.9 Å². The Morgan fingerprint density at radius 3 is 2.40 bits per heavy atom. The molecule has 3 aliphatic rings. The van der Waals surface area contributed by atoms with Gasteiger partial charge in [-0.1, -0.05) is 30.7 Å². The van der Waals surface area contributed by atoms with Crippen LogP contribution in [-0.2, 0) is 11.2 Å². The molecule has 0 bridgehead atoms. The number of benzene rings is 1. The molecule has 8 heteroatoms. The van der Waals surface area contributed by atoms with Crippen LogP contribution < -0.4 is 5.32 Å². The molecule has 3 atom stereocenters. The summed E-state index contributed by atoms with van der Waals surface area (Å²) in [6.07, 6.45) is 8.01. The predicted molar refractivity (Wildman–Crippen MR) is 146 cm³/mol. The number of amides is 1. The topological polar surface area (TPSA) is 58.1 Å². The zero-order valence-electron chi connectivity index (χ0n) is 20.8. The van der Waals surface area contributed by atoms with Gasteiger partial charge < -0.3 is 10.2 Å². The number of piperidine rings is 1. The van der Waals surface area contributed by atoms with Crippen LogP contribution in [0.2, 0.25) is 5.02 Å². The Kier molecular flexibility index (Phi) is 9.12. The monoisotopic (exact) mass is 538 g/mol. The number of likely N-dealkylation sites (tertiary alicyclic amines) is 1. The summed E-state index contributed by atoms with van der Waals surface area (Å²) in [5.74, 6) is 1.03. The van der Waals surface area contributed by atoms with E-state index in [0.717, 1.165) is 50.8 Å². The van der Waals surface area contributed by atoms with E-state index in [1.54, 1.807) is 6.33 Å². The van der Waals surface area contributed by atoms with Crippen LogP contribution in [0.1, 0.15) is 93.1 Å². The molecule has 3 heterocycles. The van der Waals surface area contributed by atoms with Crippen molar-refractivity contribution in [3.63, 3.8) is 0 Å². The molecule has 0 radical (unpaired) electrons. The second kappa shape index (κ2) is 11.3.